The second-order valence-corrected chi connectivity index (χ2v) is 4.95. The molecule has 114 valence electrons. The summed E-state index contributed by atoms with van der Waals surface area (Å²) in [4.78, 5) is 37.0. The summed E-state index contributed by atoms with van der Waals surface area (Å²) in [6, 6.07) is 4.85. The smallest absolute Gasteiger partial charge is 0.262 e. The maximum absolute atomic E-state index is 12.2. The number of benzene rings is 1. The topological polar surface area (TPSA) is 92.5 Å². The highest BCUT2D eigenvalue weighted by Gasteiger charge is 2.36. The van der Waals surface area contributed by atoms with E-state index < -0.39 is 17.7 Å². The molecule has 1 aromatic rings. The fraction of sp³-hybridized carbons (Fsp3) is 0.357. The summed E-state index contributed by atoms with van der Waals surface area (Å²) < 4.78 is 0. The number of amides is 3. The van der Waals surface area contributed by atoms with E-state index in [2.05, 4.69) is 5.32 Å². The summed E-state index contributed by atoms with van der Waals surface area (Å²) in [5, 5.41) is 2.63. The van der Waals surface area contributed by atoms with Gasteiger partial charge in [0.1, 0.15) is 6.54 Å². The van der Waals surface area contributed by atoms with Gasteiger partial charge in [0.2, 0.25) is 5.91 Å². The Morgan fingerprint density at radius 2 is 1.90 bits per heavy atom. The van der Waals surface area contributed by atoms with Gasteiger partial charge in [0.15, 0.2) is 0 Å². The fourth-order valence-corrected chi connectivity index (χ4v) is 2.07. The minimum atomic E-state index is -0.430. The highest BCUT2D eigenvalue weighted by molar-refractivity contribution is 6.22. The molecule has 0 saturated carbocycles. The molecule has 3 amide bonds. The van der Waals surface area contributed by atoms with Crippen molar-refractivity contribution in [3.8, 4) is 0 Å². The first-order chi connectivity index (χ1) is 9.43. The van der Waals surface area contributed by atoms with E-state index in [0.717, 1.165) is 10.5 Å². The summed E-state index contributed by atoms with van der Waals surface area (Å²) in [5.41, 5.74) is 7.01. The molecule has 0 aromatic heterocycles. The third-order valence-corrected chi connectivity index (χ3v) is 3.19. The van der Waals surface area contributed by atoms with Gasteiger partial charge >= 0.3 is 0 Å². The molecule has 0 spiro atoms. The van der Waals surface area contributed by atoms with Gasteiger partial charge in [0.05, 0.1) is 11.1 Å². The molecular formula is C14H18ClN3O3. The third kappa shape index (κ3) is 3.40. The molecule has 1 heterocycles. The Morgan fingerprint density at radius 1 is 1.29 bits per heavy atom. The summed E-state index contributed by atoms with van der Waals surface area (Å²) in [6.07, 6.45) is 0. The number of nitrogens with zero attached hydrogens (tertiary/aromatic N) is 1. The molecule has 6 nitrogen and oxygen atoms in total. The highest BCUT2D eigenvalue weighted by atomic mass is 35.5. The van der Waals surface area contributed by atoms with Gasteiger partial charge in [0, 0.05) is 12.6 Å². The van der Waals surface area contributed by atoms with Gasteiger partial charge in [-0.3, -0.25) is 19.3 Å². The van der Waals surface area contributed by atoms with Crippen LogP contribution in [0.4, 0.5) is 0 Å². The second kappa shape index (κ2) is 6.69. The van der Waals surface area contributed by atoms with E-state index in [4.69, 9.17) is 5.73 Å². The molecule has 0 saturated heterocycles. The van der Waals surface area contributed by atoms with E-state index in [0.29, 0.717) is 17.7 Å². The third-order valence-electron chi connectivity index (χ3n) is 3.19. The number of hydrogen-bond donors (Lipinski definition) is 2. The number of carbonyl (C=O) groups excluding carboxylic acids is 3. The van der Waals surface area contributed by atoms with Crippen LogP contribution in [0.1, 0.15) is 33.2 Å². The van der Waals surface area contributed by atoms with Crippen molar-refractivity contribution in [2.75, 3.05) is 13.1 Å². The summed E-state index contributed by atoms with van der Waals surface area (Å²) in [7, 11) is 0. The molecule has 21 heavy (non-hydrogen) atoms. The van der Waals surface area contributed by atoms with Crippen LogP contribution < -0.4 is 11.1 Å². The molecular weight excluding hydrogens is 294 g/mol. The lowest BCUT2D eigenvalue weighted by molar-refractivity contribution is -0.121. The van der Waals surface area contributed by atoms with Crippen molar-refractivity contribution >= 4 is 30.1 Å². The quantitative estimate of drug-likeness (QED) is 0.791. The fourth-order valence-electron chi connectivity index (χ4n) is 2.07. The van der Waals surface area contributed by atoms with Crippen LogP contribution in [0.5, 0.6) is 0 Å². The predicted molar refractivity (Wildman–Crippen MR) is 80.5 cm³/mol. The van der Waals surface area contributed by atoms with Gasteiger partial charge in [-0.2, -0.15) is 0 Å². The van der Waals surface area contributed by atoms with Crippen LogP contribution in [-0.4, -0.2) is 41.8 Å². The molecule has 1 aliphatic heterocycles. The first-order valence-corrected chi connectivity index (χ1v) is 6.40. The van der Waals surface area contributed by atoms with E-state index in [1.807, 2.05) is 6.92 Å². The van der Waals surface area contributed by atoms with Gasteiger partial charge in [-0.25, -0.2) is 0 Å². The first-order valence-electron chi connectivity index (χ1n) is 6.40. The number of fused-ring (bicyclic) bond motifs is 1. The van der Waals surface area contributed by atoms with Crippen molar-refractivity contribution < 1.29 is 14.4 Å². The Kier molecular flexibility index (Phi) is 5.46. The van der Waals surface area contributed by atoms with Crippen molar-refractivity contribution in [3.05, 3.63) is 34.9 Å². The maximum Gasteiger partial charge on any atom is 0.262 e. The van der Waals surface area contributed by atoms with E-state index >= 15 is 0 Å². The molecule has 1 atom stereocenters. The number of aryl methyl sites for hydroxylation is 1. The largest absolute Gasteiger partial charge is 0.351 e. The highest BCUT2D eigenvalue weighted by Crippen LogP contribution is 2.23. The van der Waals surface area contributed by atoms with E-state index in [1.54, 1.807) is 25.1 Å². The number of hydrogen-bond acceptors (Lipinski definition) is 4. The van der Waals surface area contributed by atoms with Crippen LogP contribution in [0, 0.1) is 6.92 Å². The predicted octanol–water partition coefficient (Wildman–Crippen LogP) is 0.476. The minimum absolute atomic E-state index is 0. The van der Waals surface area contributed by atoms with E-state index in [-0.39, 0.29) is 25.0 Å². The van der Waals surface area contributed by atoms with Crippen molar-refractivity contribution in [3.63, 3.8) is 0 Å². The van der Waals surface area contributed by atoms with Crippen LogP contribution in [0.2, 0.25) is 0 Å². The Hall–Kier alpha value is -1.92. The number of imide groups is 1. The Morgan fingerprint density at radius 3 is 2.52 bits per heavy atom. The lowest BCUT2D eigenvalue weighted by Crippen LogP contribution is -2.45. The molecule has 1 aromatic carbocycles. The molecule has 0 radical (unpaired) electrons. The summed E-state index contributed by atoms with van der Waals surface area (Å²) >= 11 is 0. The number of nitrogens with two attached hydrogens (primary N) is 1. The molecule has 1 aliphatic rings. The van der Waals surface area contributed by atoms with Crippen LogP contribution in [-0.2, 0) is 4.79 Å². The first kappa shape index (κ1) is 17.1. The lowest BCUT2D eigenvalue weighted by Gasteiger charge is -2.16. The molecule has 0 aliphatic carbocycles. The van der Waals surface area contributed by atoms with Crippen molar-refractivity contribution in [1.82, 2.24) is 10.2 Å². The Labute approximate surface area is 129 Å². The van der Waals surface area contributed by atoms with Gasteiger partial charge in [0.25, 0.3) is 11.8 Å². The van der Waals surface area contributed by atoms with Crippen LogP contribution in [0.3, 0.4) is 0 Å². The van der Waals surface area contributed by atoms with Gasteiger partial charge in [-0.05, 0) is 26.0 Å². The molecule has 7 heteroatoms. The minimum Gasteiger partial charge on any atom is -0.351 e. The van der Waals surface area contributed by atoms with Gasteiger partial charge < -0.3 is 11.1 Å². The van der Waals surface area contributed by atoms with E-state index in [1.165, 1.54) is 0 Å². The Bertz CT molecular complexity index is 589. The normalized spacial score (nSPS) is 14.5. The van der Waals surface area contributed by atoms with Crippen molar-refractivity contribution in [2.24, 2.45) is 5.73 Å². The van der Waals surface area contributed by atoms with Crippen molar-refractivity contribution in [1.29, 1.82) is 0 Å². The number of nitrogens with one attached hydrogen (secondary N) is 1. The van der Waals surface area contributed by atoms with E-state index in [9.17, 15) is 14.4 Å². The molecule has 0 fully saturated rings. The number of carbonyl (C=O) groups is 3. The van der Waals surface area contributed by atoms with Crippen LogP contribution >= 0.6 is 12.4 Å². The zero-order chi connectivity index (χ0) is 14.9. The Balaban J connectivity index is 0.00000220. The van der Waals surface area contributed by atoms with Crippen LogP contribution in [0.25, 0.3) is 0 Å². The standard InChI is InChI=1S/C14H17N3O3.ClH/c1-8-3-4-10-11(5-8)14(20)17(13(10)19)7-12(18)16-9(2)6-15;/h3-5,9H,6-7,15H2,1-2H3,(H,16,18);1H/t9-;/m0./s1. The molecule has 3 N–H and O–H groups in total. The van der Waals surface area contributed by atoms with Crippen LogP contribution in [0.15, 0.2) is 18.2 Å². The molecule has 0 unspecified atom stereocenters. The molecule has 0 bridgehead atoms. The summed E-state index contributed by atoms with van der Waals surface area (Å²) in [5.74, 6) is -1.25. The average Bonchev–Trinajstić information content (AvgIpc) is 2.63. The zero-order valence-corrected chi connectivity index (χ0v) is 12.7. The monoisotopic (exact) mass is 311 g/mol. The van der Waals surface area contributed by atoms with Gasteiger partial charge in [-0.15, -0.1) is 12.4 Å². The number of halogens is 1. The summed E-state index contributed by atoms with van der Waals surface area (Å²) in [6.45, 7) is 3.61. The second-order valence-electron chi connectivity index (χ2n) is 4.95. The van der Waals surface area contributed by atoms with Crippen molar-refractivity contribution in [2.45, 2.75) is 19.9 Å². The van der Waals surface area contributed by atoms with Gasteiger partial charge in [-0.1, -0.05) is 11.6 Å². The SMILES string of the molecule is Cc1ccc2c(c1)C(=O)N(CC(=O)N[C@@H](C)CN)C2=O.Cl. The molecule has 2 rings (SSSR count). The number of rotatable bonds is 4. The maximum atomic E-state index is 12.2. The average molecular weight is 312 g/mol. The zero-order valence-electron chi connectivity index (χ0n) is 11.9. The lowest BCUT2D eigenvalue weighted by atomic mass is 10.1.